The molecule has 0 aromatic heterocycles. The molecular formula is C13H23N7O4. The predicted molar refractivity (Wildman–Crippen MR) is 83.0 cm³/mol. The summed E-state index contributed by atoms with van der Waals surface area (Å²) in [6, 6.07) is -1.64. The quantitative estimate of drug-likeness (QED) is 0.264. The lowest BCUT2D eigenvalue weighted by molar-refractivity contribution is -0.223. The molecule has 0 bridgehead atoms. The van der Waals surface area contributed by atoms with Gasteiger partial charge in [-0.3, -0.25) is 10.8 Å². The van der Waals surface area contributed by atoms with Gasteiger partial charge in [-0.2, -0.15) is 0 Å². The highest BCUT2D eigenvalue weighted by molar-refractivity contribution is 5.87. The van der Waals surface area contributed by atoms with Crippen LogP contribution in [0.1, 0.15) is 26.2 Å². The molecule has 9 N–H and O–H groups in total. The summed E-state index contributed by atoms with van der Waals surface area (Å²) in [7, 11) is 0. The fraction of sp³-hybridized carbons (Fsp3) is 0.769. The molecule has 1 amide bonds. The first-order chi connectivity index (χ1) is 11.2. The molecular weight excluding hydrogens is 318 g/mol. The molecule has 134 valence electrons. The zero-order valence-corrected chi connectivity index (χ0v) is 13.3. The Hall–Kier alpha value is -2.27. The van der Waals surface area contributed by atoms with Crippen LogP contribution in [0.4, 0.5) is 4.79 Å². The average Bonchev–Trinajstić information content (AvgIpc) is 2.92. The average molecular weight is 341 g/mol. The molecule has 0 radical (unpaired) electrons. The van der Waals surface area contributed by atoms with Crippen LogP contribution < -0.4 is 21.7 Å². The van der Waals surface area contributed by atoms with Crippen LogP contribution in [0.2, 0.25) is 0 Å². The van der Waals surface area contributed by atoms with Crippen LogP contribution in [0, 0.1) is 10.8 Å². The minimum Gasteiger partial charge on any atom is -0.447 e. The van der Waals surface area contributed by atoms with Crippen molar-refractivity contribution in [3.63, 3.8) is 0 Å². The normalized spacial score (nSPS) is 36.3. The number of rotatable bonds is 4. The van der Waals surface area contributed by atoms with E-state index in [9.17, 15) is 15.0 Å². The van der Waals surface area contributed by atoms with Crippen molar-refractivity contribution in [2.45, 2.75) is 55.8 Å². The largest absolute Gasteiger partial charge is 0.447 e. The highest BCUT2D eigenvalue weighted by atomic mass is 16.5. The van der Waals surface area contributed by atoms with Crippen LogP contribution in [0.3, 0.4) is 0 Å². The summed E-state index contributed by atoms with van der Waals surface area (Å²) in [5, 5.41) is 46.3. The molecule has 3 heterocycles. The van der Waals surface area contributed by atoms with E-state index in [0.717, 1.165) is 6.42 Å². The maximum Gasteiger partial charge on any atom is 0.404 e. The van der Waals surface area contributed by atoms with Gasteiger partial charge in [-0.05, 0) is 6.42 Å². The molecule has 1 spiro atoms. The summed E-state index contributed by atoms with van der Waals surface area (Å²) < 4.78 is 4.82. The van der Waals surface area contributed by atoms with E-state index < -0.39 is 29.6 Å². The minimum absolute atomic E-state index is 0.0169. The van der Waals surface area contributed by atoms with Crippen molar-refractivity contribution < 1.29 is 19.7 Å². The fourth-order valence-corrected chi connectivity index (χ4v) is 4.13. The lowest BCUT2D eigenvalue weighted by Gasteiger charge is -2.52. The summed E-state index contributed by atoms with van der Waals surface area (Å²) in [6.45, 7) is 1.81. The van der Waals surface area contributed by atoms with Crippen LogP contribution >= 0.6 is 0 Å². The summed E-state index contributed by atoms with van der Waals surface area (Å²) in [5.41, 5.74) is 3.51. The zero-order chi connectivity index (χ0) is 17.7. The first-order valence-corrected chi connectivity index (χ1v) is 7.87. The smallest absolute Gasteiger partial charge is 0.404 e. The van der Waals surface area contributed by atoms with Gasteiger partial charge in [0.05, 0.1) is 12.1 Å². The van der Waals surface area contributed by atoms with Gasteiger partial charge in [-0.15, -0.1) is 0 Å². The Bertz CT molecular complexity index is 583. The molecule has 24 heavy (non-hydrogen) atoms. The number of carbonyl (C=O) groups is 1. The Morgan fingerprint density at radius 2 is 2.17 bits per heavy atom. The molecule has 4 atom stereocenters. The molecule has 3 fully saturated rings. The number of guanidine groups is 2. The van der Waals surface area contributed by atoms with E-state index in [1.54, 1.807) is 4.90 Å². The van der Waals surface area contributed by atoms with Gasteiger partial charge in [0.15, 0.2) is 17.6 Å². The van der Waals surface area contributed by atoms with E-state index in [4.69, 9.17) is 21.3 Å². The molecule has 3 saturated heterocycles. The number of hydrogen-bond acceptors (Lipinski definition) is 6. The number of amides is 1. The van der Waals surface area contributed by atoms with Crippen molar-refractivity contribution in [3.8, 4) is 0 Å². The Balaban J connectivity index is 2.00. The lowest BCUT2D eigenvalue weighted by atomic mass is 9.86. The first-order valence-electron chi connectivity index (χ1n) is 7.87. The summed E-state index contributed by atoms with van der Waals surface area (Å²) in [4.78, 5) is 12.5. The van der Waals surface area contributed by atoms with Crippen molar-refractivity contribution in [3.05, 3.63) is 0 Å². The fourth-order valence-electron chi connectivity index (χ4n) is 4.13. The summed E-state index contributed by atoms with van der Waals surface area (Å²) >= 11 is 0. The zero-order valence-electron chi connectivity index (χ0n) is 13.3. The first kappa shape index (κ1) is 16.6. The predicted octanol–water partition coefficient (Wildman–Crippen LogP) is -2.26. The molecule has 3 rings (SSSR count). The molecule has 0 unspecified atom stereocenters. The third-order valence-electron chi connectivity index (χ3n) is 4.93. The number of nitrogens with two attached hydrogens (primary N) is 1. The van der Waals surface area contributed by atoms with E-state index >= 15 is 0 Å². The van der Waals surface area contributed by atoms with Crippen LogP contribution in [-0.4, -0.2) is 69.3 Å². The topological polar surface area (TPSA) is 180 Å². The van der Waals surface area contributed by atoms with Gasteiger partial charge in [0.2, 0.25) is 5.79 Å². The molecule has 0 aliphatic carbocycles. The lowest BCUT2D eigenvalue weighted by Crippen LogP contribution is -2.80. The Kier molecular flexibility index (Phi) is 3.72. The van der Waals surface area contributed by atoms with Gasteiger partial charge in [-0.1, -0.05) is 13.3 Å². The van der Waals surface area contributed by atoms with Crippen LogP contribution in [0.25, 0.3) is 0 Å². The Labute approximate surface area is 138 Å². The van der Waals surface area contributed by atoms with Gasteiger partial charge in [0.1, 0.15) is 6.61 Å². The van der Waals surface area contributed by atoms with Gasteiger partial charge in [-0.25, -0.2) is 4.79 Å². The van der Waals surface area contributed by atoms with Crippen LogP contribution in [-0.2, 0) is 4.74 Å². The molecule has 0 saturated carbocycles. The standard InChI is InChI=1S/C13H23N7O4/c1-2-3-6-4-12(22,23)13-8(18-9(14)19-13)7(5-24-11(16)21)17-10(15)20(6)13/h6-8,22-23H,2-5H2,1H3,(H2,15,17)(H2,16,21)(H3,14,18,19)/t6-,7-,8-,13-/m0/s1. The van der Waals surface area contributed by atoms with E-state index in [1.807, 2.05) is 6.92 Å². The second-order valence-corrected chi connectivity index (χ2v) is 6.45. The van der Waals surface area contributed by atoms with Crippen molar-refractivity contribution in [2.75, 3.05) is 6.61 Å². The Morgan fingerprint density at radius 1 is 1.46 bits per heavy atom. The minimum atomic E-state index is -2.17. The summed E-state index contributed by atoms with van der Waals surface area (Å²) in [5.74, 6) is -2.28. The monoisotopic (exact) mass is 341 g/mol. The molecule has 0 aromatic rings. The van der Waals surface area contributed by atoms with E-state index in [-0.39, 0.29) is 31.0 Å². The number of hydrogen-bond donors (Lipinski definition) is 8. The number of aliphatic hydroxyl groups is 2. The molecule has 3 aliphatic rings. The number of ether oxygens (including phenoxy) is 1. The number of nitrogens with one attached hydrogen (secondary N) is 5. The van der Waals surface area contributed by atoms with Gasteiger partial charge < -0.3 is 41.5 Å². The highest BCUT2D eigenvalue weighted by Crippen LogP contribution is 2.46. The molecule has 0 aromatic carbocycles. The Morgan fingerprint density at radius 3 is 2.79 bits per heavy atom. The third kappa shape index (κ3) is 2.15. The molecule has 11 nitrogen and oxygen atoms in total. The summed E-state index contributed by atoms with van der Waals surface area (Å²) in [6.07, 6.45) is 0.547. The highest BCUT2D eigenvalue weighted by Gasteiger charge is 2.72. The second-order valence-electron chi connectivity index (χ2n) is 6.45. The van der Waals surface area contributed by atoms with E-state index in [0.29, 0.717) is 6.42 Å². The van der Waals surface area contributed by atoms with E-state index in [2.05, 4.69) is 16.0 Å². The molecule has 11 heteroatoms. The molecule has 3 aliphatic heterocycles. The number of carbonyl (C=O) groups excluding carboxylic acids is 1. The number of nitrogens with zero attached hydrogens (tertiary/aromatic N) is 1. The number of primary amides is 1. The van der Waals surface area contributed by atoms with Crippen molar-refractivity contribution >= 4 is 18.0 Å². The van der Waals surface area contributed by atoms with Gasteiger partial charge >= 0.3 is 6.09 Å². The van der Waals surface area contributed by atoms with Crippen LogP contribution in [0.5, 0.6) is 0 Å². The maximum absolute atomic E-state index is 10.9. The van der Waals surface area contributed by atoms with Gasteiger partial charge in [0, 0.05) is 12.5 Å². The third-order valence-corrected chi connectivity index (χ3v) is 4.93. The van der Waals surface area contributed by atoms with Crippen molar-refractivity contribution in [2.24, 2.45) is 5.73 Å². The maximum atomic E-state index is 10.9. The van der Waals surface area contributed by atoms with E-state index in [1.165, 1.54) is 0 Å². The van der Waals surface area contributed by atoms with Crippen LogP contribution in [0.15, 0.2) is 0 Å². The van der Waals surface area contributed by atoms with Crippen molar-refractivity contribution in [1.82, 2.24) is 20.9 Å². The van der Waals surface area contributed by atoms with Crippen molar-refractivity contribution in [1.29, 1.82) is 10.8 Å². The van der Waals surface area contributed by atoms with Gasteiger partial charge in [0.25, 0.3) is 0 Å². The SMILES string of the molecule is CCC[C@H]1CC(O)(O)[C@]23NC(=N)N[C@H]2[C@H](COC(N)=O)NC(=N)N13. The second kappa shape index (κ2) is 5.38.